The highest BCUT2D eigenvalue weighted by molar-refractivity contribution is 5.94. The number of carbonyl (C=O) groups is 1. The van der Waals surface area contributed by atoms with Crippen molar-refractivity contribution in [3.05, 3.63) is 123 Å². The lowest BCUT2D eigenvalue weighted by Crippen LogP contribution is -2.31. The van der Waals surface area contributed by atoms with Crippen LogP contribution in [-0.2, 0) is 0 Å². The van der Waals surface area contributed by atoms with E-state index in [2.05, 4.69) is 123 Å². The maximum Gasteiger partial charge on any atom is 0.254 e. The Morgan fingerprint density at radius 3 is 1.06 bits per heavy atom. The maximum atomic E-state index is 13.5. The zero-order valence-corrected chi connectivity index (χ0v) is 33.1. The zero-order valence-electron chi connectivity index (χ0n) is 33.1. The first-order valence-electron chi connectivity index (χ1n) is 18.8. The fraction of sp³-hybridized carbons (Fsp3) is 0.522. The molecule has 0 aromatic carbocycles. The number of amides is 1. The molecule has 0 saturated heterocycles. The molecule has 0 atom stereocenters. The van der Waals surface area contributed by atoms with Gasteiger partial charge in [-0.05, 0) is 158 Å². The molecule has 1 rings (SSSR count). The van der Waals surface area contributed by atoms with Crippen LogP contribution >= 0.6 is 0 Å². The van der Waals surface area contributed by atoms with Crippen LogP contribution in [0.25, 0.3) is 0 Å². The zero-order chi connectivity index (χ0) is 36.4. The summed E-state index contributed by atoms with van der Waals surface area (Å²) in [5, 5.41) is 0. The van der Waals surface area contributed by atoms with Crippen LogP contribution in [0.4, 0.5) is 0 Å². The van der Waals surface area contributed by atoms with Gasteiger partial charge in [0, 0.05) is 31.0 Å². The van der Waals surface area contributed by atoms with Gasteiger partial charge in [0.1, 0.15) is 0 Å². The largest absolute Gasteiger partial charge is 0.331 e. The van der Waals surface area contributed by atoms with Crippen LogP contribution in [0.5, 0.6) is 0 Å². The van der Waals surface area contributed by atoms with Gasteiger partial charge in [0.2, 0.25) is 0 Å². The monoisotopic (exact) mass is 667 g/mol. The smallest absolute Gasteiger partial charge is 0.254 e. The number of rotatable bonds is 23. The highest BCUT2D eigenvalue weighted by atomic mass is 16.2. The first-order valence-corrected chi connectivity index (χ1v) is 18.8. The molecule has 0 aliphatic heterocycles. The molecule has 1 aromatic rings. The van der Waals surface area contributed by atoms with Crippen LogP contribution in [0.15, 0.2) is 118 Å². The minimum atomic E-state index is 0.0513. The first kappa shape index (κ1) is 43.6. The molecule has 0 bridgehead atoms. The van der Waals surface area contributed by atoms with Gasteiger partial charge in [-0.15, -0.1) is 0 Å². The predicted octanol–water partition coefficient (Wildman–Crippen LogP) is 13.8. The maximum absolute atomic E-state index is 13.5. The fourth-order valence-corrected chi connectivity index (χ4v) is 5.42. The Balaban J connectivity index is 2.66. The van der Waals surface area contributed by atoms with E-state index in [1.807, 2.05) is 17.0 Å². The van der Waals surface area contributed by atoms with Crippen molar-refractivity contribution in [1.82, 2.24) is 9.88 Å². The number of pyridine rings is 1. The Kier molecular flexibility index (Phi) is 23.5. The van der Waals surface area contributed by atoms with Gasteiger partial charge in [0.25, 0.3) is 5.91 Å². The topological polar surface area (TPSA) is 33.2 Å². The molecule has 0 N–H and O–H groups in total. The Bertz CT molecular complexity index is 1270. The number of aromatic nitrogens is 1. The minimum Gasteiger partial charge on any atom is -0.331 e. The molecule has 49 heavy (non-hydrogen) atoms. The van der Waals surface area contributed by atoms with Crippen LogP contribution in [0.2, 0.25) is 0 Å². The Morgan fingerprint density at radius 2 is 0.755 bits per heavy atom. The van der Waals surface area contributed by atoms with E-state index < -0.39 is 0 Å². The second-order valence-corrected chi connectivity index (χ2v) is 14.5. The van der Waals surface area contributed by atoms with Gasteiger partial charge >= 0.3 is 0 Å². The molecule has 3 nitrogen and oxygen atoms in total. The van der Waals surface area contributed by atoms with Gasteiger partial charge in [0.15, 0.2) is 0 Å². The first-order chi connectivity index (χ1) is 23.4. The van der Waals surface area contributed by atoms with Crippen LogP contribution in [0, 0.1) is 0 Å². The lowest BCUT2D eigenvalue weighted by atomic mass is 10.0. The average molecular weight is 667 g/mol. The summed E-state index contributed by atoms with van der Waals surface area (Å²) in [7, 11) is 0. The third-order valence-electron chi connectivity index (χ3n) is 8.84. The molecule has 1 aromatic heterocycles. The highest BCUT2D eigenvalue weighted by Gasteiger charge is 2.14. The van der Waals surface area contributed by atoms with E-state index in [1.54, 1.807) is 12.4 Å². The Hall–Kier alpha value is -3.46. The van der Waals surface area contributed by atoms with Gasteiger partial charge in [0.05, 0.1) is 0 Å². The summed E-state index contributed by atoms with van der Waals surface area (Å²) in [6.45, 7) is 23.3. The molecular weight excluding hydrogens is 597 g/mol. The average Bonchev–Trinajstić information content (AvgIpc) is 3.04. The van der Waals surface area contributed by atoms with Crippen molar-refractivity contribution in [2.75, 3.05) is 13.1 Å². The van der Waals surface area contributed by atoms with Gasteiger partial charge in [-0.2, -0.15) is 0 Å². The Labute approximate surface area is 302 Å². The number of allylic oxidation sites excluding steroid dienone is 14. The molecular formula is C46H70N2O. The summed E-state index contributed by atoms with van der Waals surface area (Å²) < 4.78 is 0. The molecule has 0 aliphatic rings. The summed E-state index contributed by atoms with van der Waals surface area (Å²) in [6, 6.07) is 3.62. The van der Waals surface area contributed by atoms with E-state index in [0.717, 1.165) is 77.0 Å². The fourth-order valence-electron chi connectivity index (χ4n) is 5.42. The van der Waals surface area contributed by atoms with Gasteiger partial charge in [-0.3, -0.25) is 9.78 Å². The minimum absolute atomic E-state index is 0.0513. The predicted molar refractivity (Wildman–Crippen MR) is 217 cm³/mol. The van der Waals surface area contributed by atoms with Crippen LogP contribution in [0.1, 0.15) is 157 Å². The van der Waals surface area contributed by atoms with Crippen LogP contribution < -0.4 is 0 Å². The van der Waals surface area contributed by atoms with Crippen LogP contribution in [0.3, 0.4) is 0 Å². The van der Waals surface area contributed by atoms with Crippen LogP contribution in [-0.4, -0.2) is 28.9 Å². The van der Waals surface area contributed by atoms with Gasteiger partial charge in [-0.25, -0.2) is 0 Å². The van der Waals surface area contributed by atoms with Crippen molar-refractivity contribution in [1.29, 1.82) is 0 Å². The van der Waals surface area contributed by atoms with Gasteiger partial charge in [-0.1, -0.05) is 93.2 Å². The summed E-state index contributed by atoms with van der Waals surface area (Å²) in [5.74, 6) is 0.0513. The van der Waals surface area contributed by atoms with E-state index in [-0.39, 0.29) is 5.91 Å². The summed E-state index contributed by atoms with van der Waals surface area (Å²) >= 11 is 0. The van der Waals surface area contributed by atoms with E-state index in [9.17, 15) is 4.79 Å². The standard InChI is InChI=1S/C46H70N2O/c1-37(2)17-11-19-39(5)21-13-23-41(7)25-15-27-43(9)31-35-48(46(49)45-29-33-47-34-30-45)36-32-44(10)28-16-26-42(8)24-14-22-40(6)20-12-18-38(3)4/h17-18,21-22,25-26,29-34H,11-16,19-20,23-24,27-28,35-36H2,1-10H3. The van der Waals surface area contributed by atoms with E-state index in [4.69, 9.17) is 0 Å². The molecule has 0 spiro atoms. The summed E-state index contributed by atoms with van der Waals surface area (Å²) in [4.78, 5) is 19.5. The molecule has 0 radical (unpaired) electrons. The highest BCUT2D eigenvalue weighted by Crippen LogP contribution is 2.16. The van der Waals surface area contributed by atoms with E-state index in [1.165, 1.54) is 44.6 Å². The van der Waals surface area contributed by atoms with Gasteiger partial charge < -0.3 is 4.90 Å². The second kappa shape index (κ2) is 26.4. The number of hydrogen-bond donors (Lipinski definition) is 0. The molecule has 3 heteroatoms. The number of nitrogens with zero attached hydrogens (tertiary/aromatic N) is 2. The number of hydrogen-bond acceptors (Lipinski definition) is 2. The SMILES string of the molecule is CC(C)=CCCC(C)=CCCC(C)=CCCC(C)=CCN(CC=C(C)CCC=C(C)CCC=C(C)CCC=C(C)C)C(=O)c1ccncc1. The molecule has 0 saturated carbocycles. The van der Waals surface area contributed by atoms with Crippen molar-refractivity contribution < 1.29 is 4.79 Å². The van der Waals surface area contributed by atoms with E-state index in [0.29, 0.717) is 18.7 Å². The molecule has 1 amide bonds. The summed E-state index contributed by atoms with van der Waals surface area (Å²) in [5.41, 5.74) is 12.0. The lowest BCUT2D eigenvalue weighted by Gasteiger charge is -2.20. The molecule has 0 aliphatic carbocycles. The second-order valence-electron chi connectivity index (χ2n) is 14.5. The third kappa shape index (κ3) is 23.5. The lowest BCUT2D eigenvalue weighted by molar-refractivity contribution is 0.0790. The normalized spacial score (nSPS) is 13.4. The third-order valence-corrected chi connectivity index (χ3v) is 8.84. The quantitative estimate of drug-likeness (QED) is 0.109. The molecule has 270 valence electrons. The molecule has 0 unspecified atom stereocenters. The van der Waals surface area contributed by atoms with Crippen molar-refractivity contribution in [2.45, 2.75) is 146 Å². The van der Waals surface area contributed by atoms with Crippen molar-refractivity contribution in [3.8, 4) is 0 Å². The van der Waals surface area contributed by atoms with Crippen molar-refractivity contribution in [2.24, 2.45) is 0 Å². The van der Waals surface area contributed by atoms with Crippen molar-refractivity contribution in [3.63, 3.8) is 0 Å². The molecule has 0 fully saturated rings. The number of carbonyl (C=O) groups excluding carboxylic acids is 1. The molecule has 1 heterocycles. The Morgan fingerprint density at radius 1 is 0.469 bits per heavy atom. The van der Waals surface area contributed by atoms with Crippen molar-refractivity contribution >= 4 is 5.91 Å². The summed E-state index contributed by atoms with van der Waals surface area (Å²) in [6.07, 6.45) is 35.2. The van der Waals surface area contributed by atoms with E-state index >= 15 is 0 Å².